The van der Waals surface area contributed by atoms with Crippen molar-refractivity contribution >= 4 is 17.6 Å². The summed E-state index contributed by atoms with van der Waals surface area (Å²) in [5.41, 5.74) is 8.83. The molecular weight excluding hydrogens is 466 g/mol. The largest absolute Gasteiger partial charge is 0.382 e. The van der Waals surface area contributed by atoms with Crippen molar-refractivity contribution in [3.8, 4) is 11.3 Å². The minimum Gasteiger partial charge on any atom is -0.382 e. The van der Waals surface area contributed by atoms with Gasteiger partial charge in [-0.2, -0.15) is 0 Å². The molecule has 1 aromatic heterocycles. The summed E-state index contributed by atoms with van der Waals surface area (Å²) in [6, 6.07) is 17.4. The Labute approximate surface area is 216 Å². The van der Waals surface area contributed by atoms with Gasteiger partial charge in [0, 0.05) is 49.4 Å². The molecule has 3 heterocycles. The van der Waals surface area contributed by atoms with Gasteiger partial charge in [-0.15, -0.1) is 0 Å². The summed E-state index contributed by atoms with van der Waals surface area (Å²) in [6.45, 7) is 4.32. The van der Waals surface area contributed by atoms with Crippen molar-refractivity contribution in [3.63, 3.8) is 0 Å². The van der Waals surface area contributed by atoms with Gasteiger partial charge in [-0.25, -0.2) is 9.97 Å². The van der Waals surface area contributed by atoms with Gasteiger partial charge in [-0.1, -0.05) is 42.5 Å². The summed E-state index contributed by atoms with van der Waals surface area (Å²) in [5, 5.41) is 9.55. The molecule has 0 spiro atoms. The lowest BCUT2D eigenvalue weighted by atomic mass is 10.1. The van der Waals surface area contributed by atoms with Crippen molar-refractivity contribution in [2.45, 2.75) is 37.9 Å². The lowest BCUT2D eigenvalue weighted by Gasteiger charge is -2.20. The fourth-order valence-corrected chi connectivity index (χ4v) is 5.00. The molecule has 5 rings (SSSR count). The zero-order valence-corrected chi connectivity index (χ0v) is 20.8. The minimum atomic E-state index is -0.325. The van der Waals surface area contributed by atoms with Crippen LogP contribution in [0.2, 0.25) is 0 Å². The van der Waals surface area contributed by atoms with E-state index in [-0.39, 0.29) is 29.4 Å². The van der Waals surface area contributed by atoms with E-state index in [0.29, 0.717) is 29.4 Å². The first kappa shape index (κ1) is 24.9. The topological polar surface area (TPSA) is 125 Å². The Morgan fingerprint density at radius 3 is 2.76 bits per heavy atom. The highest BCUT2D eigenvalue weighted by Crippen LogP contribution is 2.21. The number of nitrogens with two attached hydrogens (primary N) is 1. The second-order valence-corrected chi connectivity index (χ2v) is 9.75. The molecule has 2 aliphatic rings. The molecule has 0 aliphatic carbocycles. The van der Waals surface area contributed by atoms with Gasteiger partial charge in [0.05, 0.1) is 11.9 Å². The van der Waals surface area contributed by atoms with E-state index in [1.807, 2.05) is 36.4 Å². The second-order valence-electron chi connectivity index (χ2n) is 9.75. The monoisotopic (exact) mass is 499 g/mol. The van der Waals surface area contributed by atoms with Crippen LogP contribution in [0.5, 0.6) is 0 Å². The maximum Gasteiger partial charge on any atom is 0.274 e. The van der Waals surface area contributed by atoms with E-state index in [1.54, 1.807) is 18.2 Å². The van der Waals surface area contributed by atoms with Crippen LogP contribution in [0.25, 0.3) is 11.3 Å². The maximum atomic E-state index is 13.1. The quantitative estimate of drug-likeness (QED) is 0.374. The van der Waals surface area contributed by atoms with Crippen molar-refractivity contribution in [1.82, 2.24) is 30.8 Å². The highest BCUT2D eigenvalue weighted by Gasteiger charge is 2.28. The molecule has 0 bridgehead atoms. The molecule has 2 saturated heterocycles. The zero-order chi connectivity index (χ0) is 25.6. The van der Waals surface area contributed by atoms with E-state index in [4.69, 9.17) is 5.73 Å². The number of carbonyl (C=O) groups is 2. The van der Waals surface area contributed by atoms with Crippen molar-refractivity contribution in [2.24, 2.45) is 0 Å². The van der Waals surface area contributed by atoms with Crippen LogP contribution in [-0.4, -0.2) is 64.9 Å². The molecule has 2 atom stereocenters. The Hall–Kier alpha value is -3.82. The second kappa shape index (κ2) is 11.5. The Morgan fingerprint density at radius 2 is 1.95 bits per heavy atom. The van der Waals surface area contributed by atoms with Gasteiger partial charge >= 0.3 is 0 Å². The Balaban J connectivity index is 1.23. The Kier molecular flexibility index (Phi) is 7.72. The molecular formula is C28H33N7O2. The normalized spacial score (nSPS) is 19.6. The van der Waals surface area contributed by atoms with Gasteiger partial charge in [0.25, 0.3) is 11.8 Å². The van der Waals surface area contributed by atoms with Crippen LogP contribution < -0.4 is 21.7 Å². The number of likely N-dealkylation sites (tertiary alicyclic amines) is 1. The molecule has 9 heteroatoms. The van der Waals surface area contributed by atoms with Gasteiger partial charge in [0.2, 0.25) is 0 Å². The van der Waals surface area contributed by atoms with E-state index >= 15 is 0 Å². The molecule has 2 fully saturated rings. The highest BCUT2D eigenvalue weighted by molar-refractivity contribution is 5.97. The smallest absolute Gasteiger partial charge is 0.274 e. The van der Waals surface area contributed by atoms with Crippen LogP contribution in [0, 0.1) is 0 Å². The minimum absolute atomic E-state index is 0.0513. The van der Waals surface area contributed by atoms with Gasteiger partial charge in [-0.3, -0.25) is 14.5 Å². The number of carbonyl (C=O) groups excluding carboxylic acids is 2. The first-order valence-electron chi connectivity index (χ1n) is 12.9. The maximum absolute atomic E-state index is 13.1. The summed E-state index contributed by atoms with van der Waals surface area (Å²) in [4.78, 5) is 36.9. The number of nitrogens with one attached hydrogen (secondary N) is 3. The first-order valence-corrected chi connectivity index (χ1v) is 12.9. The van der Waals surface area contributed by atoms with Gasteiger partial charge in [0.15, 0.2) is 11.5 Å². The Morgan fingerprint density at radius 1 is 1.08 bits per heavy atom. The number of amides is 2. The standard InChI is InChI=1S/C28H33N7O2/c29-26-25(28(37)33-23-11-13-35(18-23)17-22-10-5-12-30-22)34-24(16-31-26)20-8-4-9-21(14-20)27(36)32-15-19-6-2-1-3-7-19/h1-4,6-9,14,16,22-23,30H,5,10-13,15,17-18H2,(H2,29,31)(H,32,36)(H,33,37)/t22-,23?/m1/s1. The van der Waals surface area contributed by atoms with E-state index in [0.717, 1.165) is 38.2 Å². The van der Waals surface area contributed by atoms with Crippen LogP contribution in [0.3, 0.4) is 0 Å². The number of benzene rings is 2. The highest BCUT2D eigenvalue weighted by atomic mass is 16.2. The average molecular weight is 500 g/mol. The van der Waals surface area contributed by atoms with Crippen LogP contribution in [0.4, 0.5) is 5.82 Å². The molecule has 2 aliphatic heterocycles. The predicted octanol–water partition coefficient (Wildman–Crippen LogP) is 2.21. The molecule has 0 radical (unpaired) electrons. The van der Waals surface area contributed by atoms with Crippen molar-refractivity contribution in [3.05, 3.63) is 77.6 Å². The van der Waals surface area contributed by atoms with E-state index in [1.165, 1.54) is 19.0 Å². The van der Waals surface area contributed by atoms with Gasteiger partial charge in [0.1, 0.15) is 0 Å². The molecule has 2 amide bonds. The molecule has 9 nitrogen and oxygen atoms in total. The third-order valence-electron chi connectivity index (χ3n) is 6.98. The summed E-state index contributed by atoms with van der Waals surface area (Å²) in [6.07, 6.45) is 4.86. The third kappa shape index (κ3) is 6.31. The number of nitrogens with zero attached hydrogens (tertiary/aromatic N) is 3. The van der Waals surface area contributed by atoms with Crippen molar-refractivity contribution in [2.75, 3.05) is 31.9 Å². The van der Waals surface area contributed by atoms with Crippen LogP contribution in [-0.2, 0) is 6.54 Å². The van der Waals surface area contributed by atoms with Crippen LogP contribution >= 0.6 is 0 Å². The predicted molar refractivity (Wildman–Crippen MR) is 143 cm³/mol. The number of nitrogen functional groups attached to an aromatic ring is 1. The fraction of sp³-hybridized carbons (Fsp3) is 0.357. The Bertz CT molecular complexity index is 1240. The SMILES string of the molecule is Nc1ncc(-c2cccc(C(=O)NCc3ccccc3)c2)nc1C(=O)NC1CCN(C[C@H]2CCCN2)C1. The molecule has 5 N–H and O–H groups in total. The van der Waals surface area contributed by atoms with Crippen LogP contribution in [0.1, 0.15) is 45.7 Å². The summed E-state index contributed by atoms with van der Waals surface area (Å²) < 4.78 is 0. The van der Waals surface area contributed by atoms with Gasteiger partial charge < -0.3 is 21.7 Å². The zero-order valence-electron chi connectivity index (χ0n) is 20.8. The van der Waals surface area contributed by atoms with Crippen molar-refractivity contribution in [1.29, 1.82) is 0 Å². The number of aromatic nitrogens is 2. The summed E-state index contributed by atoms with van der Waals surface area (Å²) in [7, 11) is 0. The lowest BCUT2D eigenvalue weighted by molar-refractivity contribution is 0.0930. The van der Waals surface area contributed by atoms with Crippen LogP contribution in [0.15, 0.2) is 60.8 Å². The molecule has 37 heavy (non-hydrogen) atoms. The molecule has 3 aromatic rings. The van der Waals surface area contributed by atoms with E-state index in [9.17, 15) is 9.59 Å². The number of hydrogen-bond donors (Lipinski definition) is 4. The lowest BCUT2D eigenvalue weighted by Crippen LogP contribution is -2.40. The van der Waals surface area contributed by atoms with E-state index in [2.05, 4.69) is 30.8 Å². The molecule has 0 saturated carbocycles. The summed E-state index contributed by atoms with van der Waals surface area (Å²) in [5.74, 6) is -0.428. The summed E-state index contributed by atoms with van der Waals surface area (Å²) >= 11 is 0. The first-order chi connectivity index (χ1) is 18.0. The average Bonchev–Trinajstić information content (AvgIpc) is 3.60. The van der Waals surface area contributed by atoms with Crippen molar-refractivity contribution < 1.29 is 9.59 Å². The fourth-order valence-electron chi connectivity index (χ4n) is 5.00. The molecule has 2 aromatic carbocycles. The number of hydrogen-bond acceptors (Lipinski definition) is 7. The molecule has 1 unspecified atom stereocenters. The third-order valence-corrected chi connectivity index (χ3v) is 6.98. The molecule has 192 valence electrons. The van der Waals surface area contributed by atoms with E-state index < -0.39 is 0 Å². The number of rotatable bonds is 8. The number of anilines is 1. The van der Waals surface area contributed by atoms with Gasteiger partial charge in [-0.05, 0) is 43.5 Å².